The first kappa shape index (κ1) is 15.3. The Bertz CT molecular complexity index is 498. The van der Waals surface area contributed by atoms with E-state index in [1.165, 1.54) is 11.3 Å². The first-order valence-electron chi connectivity index (χ1n) is 6.38. The Morgan fingerprint density at radius 1 is 1.40 bits per heavy atom. The summed E-state index contributed by atoms with van der Waals surface area (Å²) < 4.78 is 38.1. The molecule has 0 spiro atoms. The van der Waals surface area contributed by atoms with Crippen LogP contribution in [0.15, 0.2) is 12.1 Å². The van der Waals surface area contributed by atoms with Gasteiger partial charge in [0.25, 0.3) is 0 Å². The standard InChI is InChI=1S/C13H17F3N2OS/c1-7(2)10-12(19)18(6-13(14,15)16)11(17-10)9-5-4-8(3)20-9/h4-5,7,10-11,17H,6H2,1-3H3. The number of hydrogen-bond donors (Lipinski definition) is 1. The Labute approximate surface area is 119 Å². The van der Waals surface area contributed by atoms with E-state index in [1.807, 2.05) is 26.8 Å². The van der Waals surface area contributed by atoms with Crippen LogP contribution >= 0.6 is 11.3 Å². The van der Waals surface area contributed by atoms with Gasteiger partial charge in [-0.05, 0) is 25.0 Å². The molecule has 1 aromatic rings. The van der Waals surface area contributed by atoms with Gasteiger partial charge in [0.05, 0.1) is 6.04 Å². The molecule has 1 aliphatic heterocycles. The molecule has 112 valence electrons. The molecule has 0 saturated carbocycles. The molecule has 2 atom stereocenters. The zero-order chi connectivity index (χ0) is 15.1. The van der Waals surface area contributed by atoms with Crippen molar-refractivity contribution in [3.05, 3.63) is 21.9 Å². The van der Waals surface area contributed by atoms with Crippen LogP contribution < -0.4 is 5.32 Å². The van der Waals surface area contributed by atoms with Gasteiger partial charge in [-0.15, -0.1) is 11.3 Å². The summed E-state index contributed by atoms with van der Waals surface area (Å²) in [6, 6.07) is 3.06. The van der Waals surface area contributed by atoms with Crippen molar-refractivity contribution in [3.8, 4) is 0 Å². The Balaban J connectivity index is 2.29. The normalized spacial score (nSPS) is 23.9. The number of carbonyl (C=O) groups excluding carboxylic acids is 1. The molecule has 0 bridgehead atoms. The van der Waals surface area contributed by atoms with Crippen molar-refractivity contribution in [2.75, 3.05) is 6.54 Å². The number of nitrogens with one attached hydrogen (secondary N) is 1. The fraction of sp³-hybridized carbons (Fsp3) is 0.615. The molecule has 0 aliphatic carbocycles. The van der Waals surface area contributed by atoms with E-state index in [4.69, 9.17) is 0 Å². The van der Waals surface area contributed by atoms with Gasteiger partial charge < -0.3 is 4.90 Å². The Kier molecular flexibility index (Phi) is 4.11. The van der Waals surface area contributed by atoms with Gasteiger partial charge >= 0.3 is 6.18 Å². The van der Waals surface area contributed by atoms with Gasteiger partial charge in [-0.1, -0.05) is 13.8 Å². The zero-order valence-corrected chi connectivity index (χ0v) is 12.3. The molecule has 1 aliphatic rings. The first-order chi connectivity index (χ1) is 9.19. The number of hydrogen-bond acceptors (Lipinski definition) is 3. The second-order valence-corrected chi connectivity index (χ2v) is 6.64. The second kappa shape index (κ2) is 5.37. The number of nitrogens with zero attached hydrogens (tertiary/aromatic N) is 1. The lowest BCUT2D eigenvalue weighted by Crippen LogP contribution is -2.39. The highest BCUT2D eigenvalue weighted by atomic mass is 32.1. The molecular weight excluding hydrogens is 289 g/mol. The smallest absolute Gasteiger partial charge is 0.312 e. The van der Waals surface area contributed by atoms with Crippen molar-refractivity contribution in [3.63, 3.8) is 0 Å². The minimum Gasteiger partial charge on any atom is -0.312 e. The van der Waals surface area contributed by atoms with E-state index >= 15 is 0 Å². The summed E-state index contributed by atoms with van der Waals surface area (Å²) in [7, 11) is 0. The van der Waals surface area contributed by atoms with Crippen molar-refractivity contribution in [1.82, 2.24) is 10.2 Å². The topological polar surface area (TPSA) is 32.3 Å². The summed E-state index contributed by atoms with van der Waals surface area (Å²) in [6.45, 7) is 4.31. The maximum atomic E-state index is 12.7. The van der Waals surface area contributed by atoms with E-state index in [9.17, 15) is 18.0 Å². The van der Waals surface area contributed by atoms with E-state index in [1.54, 1.807) is 6.07 Å². The lowest BCUT2D eigenvalue weighted by molar-refractivity contribution is -0.161. The number of amides is 1. The van der Waals surface area contributed by atoms with E-state index in [0.29, 0.717) is 0 Å². The molecule has 20 heavy (non-hydrogen) atoms. The van der Waals surface area contributed by atoms with Crippen molar-refractivity contribution >= 4 is 17.2 Å². The zero-order valence-electron chi connectivity index (χ0n) is 11.5. The summed E-state index contributed by atoms with van der Waals surface area (Å²) in [5, 5.41) is 3.03. The van der Waals surface area contributed by atoms with Crippen LogP contribution in [0.1, 0.15) is 29.8 Å². The highest BCUT2D eigenvalue weighted by molar-refractivity contribution is 7.12. The average molecular weight is 306 g/mol. The number of rotatable bonds is 3. The van der Waals surface area contributed by atoms with Crippen molar-refractivity contribution in [1.29, 1.82) is 0 Å². The van der Waals surface area contributed by atoms with E-state index in [0.717, 1.165) is 14.7 Å². The van der Waals surface area contributed by atoms with Gasteiger partial charge in [-0.25, -0.2) is 0 Å². The average Bonchev–Trinajstić information content (AvgIpc) is 2.83. The van der Waals surface area contributed by atoms with Gasteiger partial charge in [0.1, 0.15) is 12.7 Å². The lowest BCUT2D eigenvalue weighted by Gasteiger charge is -2.24. The molecular formula is C13H17F3N2OS. The SMILES string of the molecule is Cc1ccc(C2NC(C(C)C)C(=O)N2CC(F)(F)F)s1. The number of thiophene rings is 1. The third-order valence-electron chi connectivity index (χ3n) is 3.25. The fourth-order valence-corrected chi connectivity index (χ4v) is 3.26. The van der Waals surface area contributed by atoms with Crippen molar-refractivity contribution in [2.24, 2.45) is 5.92 Å². The molecule has 2 unspecified atom stereocenters. The van der Waals surface area contributed by atoms with E-state index in [2.05, 4.69) is 5.32 Å². The molecule has 2 rings (SSSR count). The predicted octanol–water partition coefficient (Wildman–Crippen LogP) is 3.07. The van der Waals surface area contributed by atoms with Crippen LogP contribution in [-0.4, -0.2) is 29.6 Å². The van der Waals surface area contributed by atoms with Gasteiger partial charge in [0.2, 0.25) is 5.91 Å². The van der Waals surface area contributed by atoms with Crippen LogP contribution in [0.2, 0.25) is 0 Å². The van der Waals surface area contributed by atoms with E-state index < -0.39 is 30.8 Å². The molecule has 3 nitrogen and oxygen atoms in total. The van der Waals surface area contributed by atoms with Gasteiger partial charge in [0, 0.05) is 9.75 Å². The van der Waals surface area contributed by atoms with Gasteiger partial charge in [-0.3, -0.25) is 10.1 Å². The molecule has 7 heteroatoms. The minimum atomic E-state index is -4.40. The minimum absolute atomic E-state index is 0.0516. The van der Waals surface area contributed by atoms with E-state index in [-0.39, 0.29) is 5.92 Å². The highest BCUT2D eigenvalue weighted by Crippen LogP contribution is 2.34. The molecule has 2 heterocycles. The van der Waals surface area contributed by atoms with Crippen LogP contribution in [0, 0.1) is 12.8 Å². The molecule has 0 aromatic carbocycles. The lowest BCUT2D eigenvalue weighted by atomic mass is 10.1. The third-order valence-corrected chi connectivity index (χ3v) is 4.30. The largest absolute Gasteiger partial charge is 0.406 e. The Morgan fingerprint density at radius 2 is 2.05 bits per heavy atom. The maximum Gasteiger partial charge on any atom is 0.406 e. The molecule has 1 N–H and O–H groups in total. The number of carbonyl (C=O) groups is 1. The predicted molar refractivity (Wildman–Crippen MR) is 71.3 cm³/mol. The van der Waals surface area contributed by atoms with Crippen molar-refractivity contribution < 1.29 is 18.0 Å². The number of alkyl halides is 3. The first-order valence-corrected chi connectivity index (χ1v) is 7.20. The number of halogens is 3. The highest BCUT2D eigenvalue weighted by Gasteiger charge is 2.46. The summed E-state index contributed by atoms with van der Waals surface area (Å²) in [5.41, 5.74) is 0. The Morgan fingerprint density at radius 3 is 2.50 bits per heavy atom. The summed E-state index contributed by atoms with van der Waals surface area (Å²) in [6.07, 6.45) is -5.08. The van der Waals surface area contributed by atoms with Crippen LogP contribution in [0.5, 0.6) is 0 Å². The number of aryl methyl sites for hydroxylation is 1. The van der Waals surface area contributed by atoms with Crippen molar-refractivity contribution in [2.45, 2.75) is 39.2 Å². The second-order valence-electron chi connectivity index (χ2n) is 5.32. The molecule has 0 radical (unpaired) electrons. The molecule has 1 amide bonds. The summed E-state index contributed by atoms with van der Waals surface area (Å²) >= 11 is 1.41. The molecule has 1 saturated heterocycles. The molecule has 1 aromatic heterocycles. The van der Waals surface area contributed by atoms with Crippen LogP contribution in [0.3, 0.4) is 0 Å². The maximum absolute atomic E-state index is 12.7. The third kappa shape index (κ3) is 3.15. The van der Waals surface area contributed by atoms with Gasteiger partial charge in [-0.2, -0.15) is 13.2 Å². The fourth-order valence-electron chi connectivity index (χ4n) is 2.31. The monoisotopic (exact) mass is 306 g/mol. The molecule has 1 fully saturated rings. The van der Waals surface area contributed by atoms with Crippen LogP contribution in [0.25, 0.3) is 0 Å². The van der Waals surface area contributed by atoms with Crippen LogP contribution in [0.4, 0.5) is 13.2 Å². The Hall–Kier alpha value is -1.08. The van der Waals surface area contributed by atoms with Crippen LogP contribution in [-0.2, 0) is 4.79 Å². The summed E-state index contributed by atoms with van der Waals surface area (Å²) in [5.74, 6) is -0.530. The quantitative estimate of drug-likeness (QED) is 0.931. The summed E-state index contributed by atoms with van der Waals surface area (Å²) in [4.78, 5) is 14.8. The van der Waals surface area contributed by atoms with Gasteiger partial charge in [0.15, 0.2) is 0 Å².